The maximum absolute atomic E-state index is 12.5. The Balaban J connectivity index is 2.15. The average Bonchev–Trinajstić information content (AvgIpc) is 2.69. The first-order chi connectivity index (χ1) is 9.73. The first-order valence-corrected chi connectivity index (χ1v) is 8.71. The lowest BCUT2D eigenvalue weighted by atomic mass is 9.95. The number of hydrogen-bond donors (Lipinski definition) is 2. The molecule has 0 aliphatic carbocycles. The monoisotopic (exact) mass is 316 g/mol. The van der Waals surface area contributed by atoms with E-state index in [0.29, 0.717) is 26.0 Å². The second kappa shape index (κ2) is 5.94. The maximum Gasteiger partial charge on any atom is 0.246 e. The highest BCUT2D eigenvalue weighted by Crippen LogP contribution is 2.26. The molecule has 3 N–H and O–H groups in total. The minimum atomic E-state index is -3.65. The van der Waals surface area contributed by atoms with Gasteiger partial charge in [0.15, 0.2) is 5.82 Å². The van der Waals surface area contributed by atoms with Gasteiger partial charge < -0.3 is 10.5 Å². The lowest BCUT2D eigenvalue weighted by Gasteiger charge is -2.35. The molecule has 7 nitrogen and oxygen atoms in total. The first-order valence-electron chi connectivity index (χ1n) is 7.23. The van der Waals surface area contributed by atoms with Crippen LogP contribution in [-0.4, -0.2) is 36.4 Å². The summed E-state index contributed by atoms with van der Waals surface area (Å²) in [7, 11) is -3.65. The van der Waals surface area contributed by atoms with Crippen LogP contribution in [0.1, 0.15) is 40.0 Å². The van der Waals surface area contributed by atoms with Crippen molar-refractivity contribution in [3.8, 4) is 0 Å². The van der Waals surface area contributed by atoms with Crippen molar-refractivity contribution >= 4 is 15.8 Å². The summed E-state index contributed by atoms with van der Waals surface area (Å²) in [4.78, 5) is 0.0558. The van der Waals surface area contributed by atoms with Gasteiger partial charge in [0.2, 0.25) is 10.0 Å². The van der Waals surface area contributed by atoms with Gasteiger partial charge in [-0.3, -0.25) is 4.68 Å². The third-order valence-electron chi connectivity index (χ3n) is 3.52. The van der Waals surface area contributed by atoms with Crippen molar-refractivity contribution in [1.82, 2.24) is 14.5 Å². The average molecular weight is 316 g/mol. The summed E-state index contributed by atoms with van der Waals surface area (Å²) in [6.07, 6.45) is 3.65. The van der Waals surface area contributed by atoms with Crippen LogP contribution < -0.4 is 10.5 Å². The molecule has 0 spiro atoms. The zero-order valence-electron chi connectivity index (χ0n) is 12.8. The number of ether oxygens (including phenoxy) is 1. The molecule has 1 aromatic heterocycles. The Morgan fingerprint density at radius 3 is 2.90 bits per heavy atom. The first kappa shape index (κ1) is 16.3. The quantitative estimate of drug-likeness (QED) is 0.848. The number of nitrogens with zero attached hydrogens (tertiary/aromatic N) is 2. The number of nitrogen functional groups attached to an aromatic ring is 1. The van der Waals surface area contributed by atoms with Crippen LogP contribution in [0, 0.1) is 0 Å². The molecular formula is C13H24N4O3S. The summed E-state index contributed by atoms with van der Waals surface area (Å²) in [5.74, 6) is 0.0438. The molecule has 0 radical (unpaired) electrons. The van der Waals surface area contributed by atoms with Crippen LogP contribution in [0.2, 0.25) is 0 Å². The molecule has 0 saturated carbocycles. The lowest BCUT2D eigenvalue weighted by molar-refractivity contribution is -0.0599. The number of sulfonamides is 1. The highest BCUT2D eigenvalue weighted by Gasteiger charge is 2.32. The van der Waals surface area contributed by atoms with Gasteiger partial charge in [0.05, 0.1) is 5.60 Å². The molecule has 1 aliphatic rings. The molecule has 1 saturated heterocycles. The van der Waals surface area contributed by atoms with Crippen molar-refractivity contribution in [2.45, 2.75) is 63.1 Å². The van der Waals surface area contributed by atoms with Crippen LogP contribution in [0.15, 0.2) is 11.1 Å². The number of rotatable bonds is 5. The van der Waals surface area contributed by atoms with Crippen molar-refractivity contribution in [1.29, 1.82) is 0 Å². The van der Waals surface area contributed by atoms with Crippen LogP contribution in [-0.2, 0) is 21.3 Å². The Morgan fingerprint density at radius 1 is 1.57 bits per heavy atom. The molecule has 1 aromatic rings. The molecular weight excluding hydrogens is 292 g/mol. The van der Waals surface area contributed by atoms with Gasteiger partial charge in [-0.2, -0.15) is 5.10 Å². The molecule has 8 heteroatoms. The zero-order valence-corrected chi connectivity index (χ0v) is 13.6. The SMILES string of the molecule is CCCn1cc(S(=O)(=O)NC2CCOC(C)(C)C2)c(N)n1. The highest BCUT2D eigenvalue weighted by atomic mass is 32.2. The third kappa shape index (κ3) is 3.96. The predicted octanol–water partition coefficient (Wildman–Crippen LogP) is 1.11. The Hall–Kier alpha value is -1.12. The zero-order chi connectivity index (χ0) is 15.7. The Kier molecular flexibility index (Phi) is 4.60. The van der Waals surface area contributed by atoms with E-state index in [1.165, 1.54) is 6.20 Å². The normalized spacial score (nSPS) is 22.3. The van der Waals surface area contributed by atoms with Gasteiger partial charge in [-0.1, -0.05) is 6.92 Å². The van der Waals surface area contributed by atoms with E-state index in [9.17, 15) is 8.42 Å². The van der Waals surface area contributed by atoms with E-state index >= 15 is 0 Å². The fourth-order valence-corrected chi connectivity index (χ4v) is 3.93. The number of aromatic nitrogens is 2. The fraction of sp³-hybridized carbons (Fsp3) is 0.769. The summed E-state index contributed by atoms with van der Waals surface area (Å²) >= 11 is 0. The topological polar surface area (TPSA) is 99.2 Å². The molecule has 2 rings (SSSR count). The largest absolute Gasteiger partial charge is 0.381 e. The minimum absolute atomic E-state index is 0.0438. The van der Waals surface area contributed by atoms with E-state index in [0.717, 1.165) is 6.42 Å². The van der Waals surface area contributed by atoms with Crippen molar-refractivity contribution in [3.63, 3.8) is 0 Å². The Bertz CT molecular complexity index is 595. The van der Waals surface area contributed by atoms with Crippen LogP contribution in [0.25, 0.3) is 0 Å². The molecule has 0 bridgehead atoms. The second-order valence-electron chi connectivity index (χ2n) is 6.06. The minimum Gasteiger partial charge on any atom is -0.381 e. The standard InChI is InChI=1S/C13H24N4O3S/c1-4-6-17-9-11(12(14)15-17)21(18,19)16-10-5-7-20-13(2,3)8-10/h9-10,16H,4-8H2,1-3H3,(H2,14,15). The molecule has 2 heterocycles. The van der Waals surface area contributed by atoms with Gasteiger partial charge in [0.25, 0.3) is 0 Å². The van der Waals surface area contributed by atoms with E-state index in [2.05, 4.69) is 9.82 Å². The van der Waals surface area contributed by atoms with Crippen molar-refractivity contribution < 1.29 is 13.2 Å². The van der Waals surface area contributed by atoms with Gasteiger partial charge >= 0.3 is 0 Å². The van der Waals surface area contributed by atoms with Gasteiger partial charge in [-0.25, -0.2) is 13.1 Å². The number of nitrogens with two attached hydrogens (primary N) is 1. The Morgan fingerprint density at radius 2 is 2.29 bits per heavy atom. The van der Waals surface area contributed by atoms with Crippen molar-refractivity contribution in [2.75, 3.05) is 12.3 Å². The van der Waals surface area contributed by atoms with E-state index in [1.807, 2.05) is 20.8 Å². The number of aryl methyl sites for hydroxylation is 1. The van der Waals surface area contributed by atoms with Crippen LogP contribution >= 0.6 is 0 Å². The van der Waals surface area contributed by atoms with E-state index in [-0.39, 0.29) is 22.4 Å². The molecule has 1 aliphatic heterocycles. The number of nitrogens with one attached hydrogen (secondary N) is 1. The third-order valence-corrected chi connectivity index (χ3v) is 5.05. The molecule has 1 fully saturated rings. The van der Waals surface area contributed by atoms with E-state index < -0.39 is 10.0 Å². The summed E-state index contributed by atoms with van der Waals surface area (Å²) in [6.45, 7) is 7.10. The number of anilines is 1. The number of hydrogen-bond acceptors (Lipinski definition) is 5. The van der Waals surface area contributed by atoms with Gasteiger partial charge in [-0.15, -0.1) is 0 Å². The molecule has 21 heavy (non-hydrogen) atoms. The molecule has 1 atom stereocenters. The van der Waals surface area contributed by atoms with Crippen molar-refractivity contribution in [3.05, 3.63) is 6.20 Å². The molecule has 0 amide bonds. The summed E-state index contributed by atoms with van der Waals surface area (Å²) in [5, 5.41) is 4.04. The highest BCUT2D eigenvalue weighted by molar-refractivity contribution is 7.89. The predicted molar refractivity (Wildman–Crippen MR) is 80.3 cm³/mol. The van der Waals surface area contributed by atoms with Gasteiger partial charge in [0, 0.05) is 25.4 Å². The van der Waals surface area contributed by atoms with Crippen LogP contribution in [0.5, 0.6) is 0 Å². The van der Waals surface area contributed by atoms with Crippen LogP contribution in [0.3, 0.4) is 0 Å². The molecule has 0 aromatic carbocycles. The van der Waals surface area contributed by atoms with Crippen molar-refractivity contribution in [2.24, 2.45) is 0 Å². The summed E-state index contributed by atoms with van der Waals surface area (Å²) < 4.78 is 34.8. The van der Waals surface area contributed by atoms with Gasteiger partial charge in [-0.05, 0) is 33.1 Å². The van der Waals surface area contributed by atoms with Gasteiger partial charge in [0.1, 0.15) is 4.90 Å². The van der Waals surface area contributed by atoms with E-state index in [1.54, 1.807) is 4.68 Å². The van der Waals surface area contributed by atoms with E-state index in [4.69, 9.17) is 10.5 Å². The van der Waals surface area contributed by atoms with Crippen LogP contribution in [0.4, 0.5) is 5.82 Å². The lowest BCUT2D eigenvalue weighted by Crippen LogP contribution is -2.45. The molecule has 1 unspecified atom stereocenters. The Labute approximate surface area is 125 Å². The second-order valence-corrected chi connectivity index (χ2v) is 7.74. The molecule has 120 valence electrons. The smallest absolute Gasteiger partial charge is 0.246 e. The summed E-state index contributed by atoms with van der Waals surface area (Å²) in [6, 6.07) is -0.146. The summed E-state index contributed by atoms with van der Waals surface area (Å²) in [5.41, 5.74) is 5.42. The fourth-order valence-electron chi connectivity index (χ4n) is 2.58. The maximum atomic E-state index is 12.5.